The molecule has 7 heteroatoms. The number of hydrogen-bond acceptors (Lipinski definition) is 5. The Morgan fingerprint density at radius 2 is 1.86 bits per heavy atom. The molecule has 6 nitrogen and oxygen atoms in total. The second-order valence-corrected chi connectivity index (χ2v) is 6.87. The van der Waals surface area contributed by atoms with Crippen molar-refractivity contribution < 1.29 is 9.53 Å². The Hall–Kier alpha value is -3.12. The number of halogens is 1. The molecule has 0 aliphatic rings. The second kappa shape index (κ2) is 9.89. The van der Waals surface area contributed by atoms with E-state index in [1.54, 1.807) is 31.3 Å². The maximum Gasteiger partial charge on any atom is 0.249 e. The molecule has 0 radical (unpaired) electrons. The summed E-state index contributed by atoms with van der Waals surface area (Å²) in [7, 11) is 3.37. The number of aryl methyl sites for hydroxylation is 1. The highest BCUT2D eigenvalue weighted by Gasteiger charge is 2.23. The predicted molar refractivity (Wildman–Crippen MR) is 116 cm³/mol. The smallest absolute Gasteiger partial charge is 0.249 e. The number of anilines is 2. The van der Waals surface area contributed by atoms with E-state index < -0.39 is 6.04 Å². The molecule has 0 saturated heterocycles. The quantitative estimate of drug-likeness (QED) is 0.563. The summed E-state index contributed by atoms with van der Waals surface area (Å²) >= 11 is 5.90. The van der Waals surface area contributed by atoms with Crippen molar-refractivity contribution in [2.45, 2.75) is 18.9 Å². The van der Waals surface area contributed by atoms with E-state index in [1.165, 1.54) is 5.56 Å². The van der Waals surface area contributed by atoms with E-state index in [2.05, 4.69) is 27.4 Å². The van der Waals surface area contributed by atoms with E-state index in [9.17, 15) is 4.79 Å². The first-order valence-corrected chi connectivity index (χ1v) is 9.65. The average molecular weight is 411 g/mol. The van der Waals surface area contributed by atoms with Gasteiger partial charge in [-0.2, -0.15) is 0 Å². The van der Waals surface area contributed by atoms with Gasteiger partial charge in [-0.25, -0.2) is 9.97 Å². The SMILES string of the molecule is COc1ccc(N(C)C(=O)[C@H](CCc2ccccc2)Nc2ccnc(Cl)n2)cc1. The topological polar surface area (TPSA) is 67.3 Å². The van der Waals surface area contributed by atoms with Crippen LogP contribution in [0.5, 0.6) is 5.75 Å². The number of benzene rings is 2. The Morgan fingerprint density at radius 3 is 2.52 bits per heavy atom. The van der Waals surface area contributed by atoms with E-state index in [-0.39, 0.29) is 11.2 Å². The molecule has 1 N–H and O–H groups in total. The molecule has 2 aromatic carbocycles. The molecule has 0 fully saturated rings. The van der Waals surface area contributed by atoms with Gasteiger partial charge in [-0.1, -0.05) is 30.3 Å². The minimum atomic E-state index is -0.478. The lowest BCUT2D eigenvalue weighted by Gasteiger charge is -2.25. The zero-order valence-electron chi connectivity index (χ0n) is 16.4. The van der Waals surface area contributed by atoms with Crippen molar-refractivity contribution in [2.24, 2.45) is 0 Å². The van der Waals surface area contributed by atoms with E-state index in [0.717, 1.165) is 17.9 Å². The Morgan fingerprint density at radius 1 is 1.14 bits per heavy atom. The van der Waals surface area contributed by atoms with Crippen molar-refractivity contribution in [3.63, 3.8) is 0 Å². The third kappa shape index (κ3) is 5.68. The summed E-state index contributed by atoms with van der Waals surface area (Å²) < 4.78 is 5.19. The summed E-state index contributed by atoms with van der Waals surface area (Å²) in [5.41, 5.74) is 1.95. The zero-order valence-corrected chi connectivity index (χ0v) is 17.1. The maximum absolute atomic E-state index is 13.3. The molecular formula is C22H23ClN4O2. The summed E-state index contributed by atoms with van der Waals surface area (Å²) in [4.78, 5) is 22.9. The van der Waals surface area contributed by atoms with Gasteiger partial charge in [0.1, 0.15) is 17.6 Å². The number of likely N-dealkylation sites (N-methyl/N-ethyl adjacent to an activating group) is 1. The van der Waals surface area contributed by atoms with Gasteiger partial charge in [0.15, 0.2) is 0 Å². The molecule has 1 heterocycles. The van der Waals surface area contributed by atoms with Gasteiger partial charge in [0, 0.05) is 18.9 Å². The molecule has 0 spiro atoms. The van der Waals surface area contributed by atoms with Crippen molar-refractivity contribution in [2.75, 3.05) is 24.4 Å². The number of hydrogen-bond donors (Lipinski definition) is 1. The molecule has 1 aromatic heterocycles. The van der Waals surface area contributed by atoms with Crippen LogP contribution < -0.4 is 15.0 Å². The number of nitrogens with one attached hydrogen (secondary N) is 1. The number of ether oxygens (including phenoxy) is 1. The Labute approximate surface area is 175 Å². The molecule has 0 bridgehead atoms. The lowest BCUT2D eigenvalue weighted by molar-refractivity contribution is -0.119. The first-order chi connectivity index (χ1) is 14.1. The average Bonchev–Trinajstić information content (AvgIpc) is 2.76. The fourth-order valence-electron chi connectivity index (χ4n) is 2.97. The van der Waals surface area contributed by atoms with Crippen LogP contribution in [0.15, 0.2) is 66.9 Å². The normalized spacial score (nSPS) is 11.6. The lowest BCUT2D eigenvalue weighted by Crippen LogP contribution is -2.41. The van der Waals surface area contributed by atoms with Gasteiger partial charge in [0.2, 0.25) is 11.2 Å². The van der Waals surface area contributed by atoms with Crippen molar-refractivity contribution >= 4 is 29.0 Å². The van der Waals surface area contributed by atoms with Crippen LogP contribution in [0.1, 0.15) is 12.0 Å². The highest BCUT2D eigenvalue weighted by molar-refractivity contribution is 6.28. The third-order valence-electron chi connectivity index (χ3n) is 4.60. The summed E-state index contributed by atoms with van der Waals surface area (Å²) in [6, 6.07) is 18.7. The van der Waals surface area contributed by atoms with E-state index >= 15 is 0 Å². The van der Waals surface area contributed by atoms with E-state index in [0.29, 0.717) is 12.2 Å². The molecule has 0 saturated carbocycles. The van der Waals surface area contributed by atoms with Gasteiger partial charge < -0.3 is 15.0 Å². The number of methoxy groups -OCH3 is 1. The number of nitrogens with zero attached hydrogens (tertiary/aromatic N) is 3. The number of carbonyl (C=O) groups is 1. The van der Waals surface area contributed by atoms with Gasteiger partial charge in [-0.3, -0.25) is 4.79 Å². The summed E-state index contributed by atoms with van der Waals surface area (Å²) in [6.45, 7) is 0. The van der Waals surface area contributed by atoms with Gasteiger partial charge in [0.05, 0.1) is 7.11 Å². The van der Waals surface area contributed by atoms with E-state index in [4.69, 9.17) is 16.3 Å². The highest BCUT2D eigenvalue weighted by Crippen LogP contribution is 2.21. The molecule has 0 aliphatic carbocycles. The molecule has 3 rings (SSSR count). The summed E-state index contributed by atoms with van der Waals surface area (Å²) in [5.74, 6) is 1.18. The first kappa shape index (κ1) is 20.6. The highest BCUT2D eigenvalue weighted by atomic mass is 35.5. The molecule has 0 unspecified atom stereocenters. The van der Waals surface area contributed by atoms with Crippen molar-refractivity contribution in [3.8, 4) is 5.75 Å². The second-order valence-electron chi connectivity index (χ2n) is 6.53. The fourth-order valence-corrected chi connectivity index (χ4v) is 3.12. The van der Waals surface area contributed by atoms with Crippen LogP contribution in [0.3, 0.4) is 0 Å². The monoisotopic (exact) mass is 410 g/mol. The molecule has 1 atom stereocenters. The Kier molecular flexibility index (Phi) is 7.03. The molecule has 0 aliphatic heterocycles. The molecule has 150 valence electrons. The predicted octanol–water partition coefficient (Wildman–Crippen LogP) is 4.21. The minimum Gasteiger partial charge on any atom is -0.497 e. The zero-order chi connectivity index (χ0) is 20.6. The van der Waals surface area contributed by atoms with Gasteiger partial charge in [-0.15, -0.1) is 0 Å². The summed E-state index contributed by atoms with van der Waals surface area (Å²) in [6.07, 6.45) is 2.91. The number of carbonyl (C=O) groups excluding carboxylic acids is 1. The molecule has 3 aromatic rings. The Balaban J connectivity index is 1.78. The summed E-state index contributed by atoms with van der Waals surface area (Å²) in [5, 5.41) is 3.34. The van der Waals surface area contributed by atoms with Crippen molar-refractivity contribution in [1.82, 2.24) is 9.97 Å². The van der Waals surface area contributed by atoms with Crippen LogP contribution in [0.2, 0.25) is 5.28 Å². The van der Waals surface area contributed by atoms with Gasteiger partial charge in [0.25, 0.3) is 0 Å². The number of rotatable bonds is 8. The Bertz CT molecular complexity index is 935. The number of aromatic nitrogens is 2. The lowest BCUT2D eigenvalue weighted by atomic mass is 10.0. The molecule has 29 heavy (non-hydrogen) atoms. The van der Waals surface area contributed by atoms with Gasteiger partial charge in [-0.05, 0) is 60.3 Å². The van der Waals surface area contributed by atoms with Crippen LogP contribution in [0.4, 0.5) is 11.5 Å². The minimum absolute atomic E-state index is 0.0687. The van der Waals surface area contributed by atoms with E-state index in [1.807, 2.05) is 42.5 Å². The molecular weight excluding hydrogens is 388 g/mol. The third-order valence-corrected chi connectivity index (χ3v) is 4.78. The maximum atomic E-state index is 13.3. The van der Waals surface area contributed by atoms with Crippen LogP contribution in [0, 0.1) is 0 Å². The van der Waals surface area contributed by atoms with Crippen molar-refractivity contribution in [1.29, 1.82) is 0 Å². The first-order valence-electron chi connectivity index (χ1n) is 9.27. The molecule has 1 amide bonds. The van der Waals surface area contributed by atoms with Gasteiger partial charge >= 0.3 is 0 Å². The van der Waals surface area contributed by atoms with Crippen molar-refractivity contribution in [3.05, 3.63) is 77.7 Å². The van der Waals surface area contributed by atoms with Crippen LogP contribution >= 0.6 is 11.6 Å². The van der Waals surface area contributed by atoms with Crippen LogP contribution in [0.25, 0.3) is 0 Å². The largest absolute Gasteiger partial charge is 0.497 e. The number of amides is 1. The van der Waals surface area contributed by atoms with Crippen LogP contribution in [-0.2, 0) is 11.2 Å². The fraction of sp³-hybridized carbons (Fsp3) is 0.227. The standard InChI is InChI=1S/C22H23ClN4O2/c1-27(17-9-11-18(29-2)12-10-17)21(28)19(13-8-16-6-4-3-5-7-16)25-20-14-15-24-22(23)26-20/h3-7,9-12,14-15,19H,8,13H2,1-2H3,(H,24,25,26)/t19-/m0/s1. The van der Waals surface area contributed by atoms with Crippen LogP contribution in [-0.4, -0.2) is 36.1 Å².